The Labute approximate surface area is 66.3 Å². The van der Waals surface area contributed by atoms with E-state index in [4.69, 9.17) is 0 Å². The normalized spacial score (nSPS) is 7.38. The van der Waals surface area contributed by atoms with Crippen LogP contribution in [0.3, 0.4) is 0 Å². The highest BCUT2D eigenvalue weighted by molar-refractivity contribution is 4.77. The molecule has 0 aromatic rings. The van der Waals surface area contributed by atoms with Crippen molar-refractivity contribution in [3.8, 4) is 0 Å². The van der Waals surface area contributed by atoms with Crippen molar-refractivity contribution in [3.05, 3.63) is 24.3 Å². The Morgan fingerprint density at radius 2 is 0.462 bits per heavy atom. The number of rotatable bonds is 0. The van der Waals surface area contributed by atoms with Crippen molar-refractivity contribution in [1.82, 2.24) is 0 Å². The Kier molecular flexibility index (Phi) is 12.3. The first-order valence-corrected chi connectivity index (χ1v) is 2.01. The summed E-state index contributed by atoms with van der Waals surface area (Å²) in [4.78, 5) is 0. The molecule has 0 aliphatic rings. The summed E-state index contributed by atoms with van der Waals surface area (Å²) >= 11 is 0. The smallest absolute Gasteiger partial charge is 0.334 e. The lowest BCUT2D eigenvalue weighted by Gasteiger charge is -1.69. The van der Waals surface area contributed by atoms with Gasteiger partial charge in [-0.3, -0.25) is 0 Å². The van der Waals surface area contributed by atoms with Gasteiger partial charge in [-0.25, -0.2) is 0 Å². The molecule has 0 rings (SSSR count). The van der Waals surface area contributed by atoms with Gasteiger partial charge in [-0.2, -0.15) is 35.1 Å². The number of hydrogen-bond donors (Lipinski definition) is 0. The zero-order valence-electron chi connectivity index (χ0n) is 5.52. The van der Waals surface area contributed by atoms with Crippen molar-refractivity contribution in [1.29, 1.82) is 0 Å². The fraction of sp³-hybridized carbons (Fsp3) is 0. The van der Waals surface area contributed by atoms with E-state index in [-0.39, 0.29) is 5.48 Å². The molecule has 0 aromatic carbocycles. The minimum atomic E-state index is -2.91. The third-order valence-electron chi connectivity index (χ3n) is 0.286. The van der Waals surface area contributed by atoms with E-state index in [9.17, 15) is 35.1 Å². The number of hydrogen-bond acceptors (Lipinski definition) is 0. The molecule has 0 heterocycles. The van der Waals surface area contributed by atoms with Gasteiger partial charge in [0, 0.05) is 0 Å². The first-order valence-electron chi connectivity index (χ1n) is 2.01. The maximum absolute atomic E-state index is 10.3. The van der Waals surface area contributed by atoms with E-state index in [0.717, 1.165) is 0 Å². The Morgan fingerprint density at radius 1 is 0.385 bits per heavy atom. The van der Waals surface area contributed by atoms with Crippen molar-refractivity contribution in [3.63, 3.8) is 0 Å². The third-order valence-corrected chi connectivity index (χ3v) is 0.286. The molecule has 0 unspecified atom stereocenters. The summed E-state index contributed by atoms with van der Waals surface area (Å²) in [6, 6.07) is 0. The van der Waals surface area contributed by atoms with Crippen LogP contribution in [0.5, 0.6) is 0 Å². The predicted octanol–water partition coefficient (Wildman–Crippen LogP) is 3.16. The van der Waals surface area contributed by atoms with Crippen LogP contribution in [0.2, 0.25) is 0 Å². The number of halogens is 8. The largest absolute Gasteiger partial charge is 0.412 e. The van der Waals surface area contributed by atoms with E-state index in [1.165, 1.54) is 0 Å². The van der Waals surface area contributed by atoms with Crippen LogP contribution in [0.15, 0.2) is 24.3 Å². The molecule has 0 fully saturated rings. The summed E-state index contributed by atoms with van der Waals surface area (Å²) < 4.78 is 82.3. The van der Waals surface area contributed by atoms with Crippen LogP contribution in [0.25, 0.3) is 0 Å². The van der Waals surface area contributed by atoms with Crippen molar-refractivity contribution >= 4 is 0 Å². The van der Waals surface area contributed by atoms with Crippen LogP contribution in [0.4, 0.5) is 35.1 Å². The first kappa shape index (κ1) is 17.8. The second-order valence-corrected chi connectivity index (χ2v) is 1.04. The minimum Gasteiger partial charge on any atom is -0.412 e. The Hall–Kier alpha value is -1.12. The Bertz CT molecular complexity index is 138. The predicted molar refractivity (Wildman–Crippen MR) is 26.5 cm³/mol. The first-order chi connectivity index (χ1) is 5.29. The third kappa shape index (κ3) is 18.1. The SMILES string of the molecule is FC(F)=C(F)F.FC(F)=C(F)F.O. The topological polar surface area (TPSA) is 31.5 Å². The molecule has 0 bridgehead atoms. The van der Waals surface area contributed by atoms with Gasteiger partial charge in [0.15, 0.2) is 0 Å². The summed E-state index contributed by atoms with van der Waals surface area (Å²) in [6.07, 6.45) is -11.6. The molecular formula is C4H2F8O. The highest BCUT2D eigenvalue weighted by Gasteiger charge is 1.98. The van der Waals surface area contributed by atoms with Crippen LogP contribution in [-0.4, -0.2) is 5.48 Å². The van der Waals surface area contributed by atoms with Crippen LogP contribution < -0.4 is 0 Å². The minimum absolute atomic E-state index is 0. The summed E-state index contributed by atoms with van der Waals surface area (Å²) in [7, 11) is 0. The van der Waals surface area contributed by atoms with Gasteiger partial charge < -0.3 is 5.48 Å². The summed E-state index contributed by atoms with van der Waals surface area (Å²) in [5.41, 5.74) is 0. The molecule has 0 amide bonds. The zero-order chi connectivity index (χ0) is 10.3. The molecule has 80 valence electrons. The standard InChI is InChI=1S/2C2F4.H2O/c2*3-1(4)2(5)6;/h;;1H2. The van der Waals surface area contributed by atoms with E-state index < -0.39 is 24.3 Å². The van der Waals surface area contributed by atoms with Gasteiger partial charge in [-0.15, -0.1) is 0 Å². The molecule has 0 saturated heterocycles. The molecule has 0 saturated carbocycles. The van der Waals surface area contributed by atoms with E-state index >= 15 is 0 Å². The molecular weight excluding hydrogens is 216 g/mol. The van der Waals surface area contributed by atoms with Crippen molar-refractivity contribution < 1.29 is 40.6 Å². The van der Waals surface area contributed by atoms with Gasteiger partial charge in [0.05, 0.1) is 0 Å². The van der Waals surface area contributed by atoms with Crippen molar-refractivity contribution in [2.24, 2.45) is 0 Å². The van der Waals surface area contributed by atoms with E-state index in [0.29, 0.717) is 0 Å². The maximum atomic E-state index is 10.3. The van der Waals surface area contributed by atoms with Crippen molar-refractivity contribution in [2.45, 2.75) is 0 Å². The lowest BCUT2D eigenvalue weighted by Crippen LogP contribution is -1.56. The average molecular weight is 218 g/mol. The van der Waals surface area contributed by atoms with Gasteiger partial charge in [0.25, 0.3) is 0 Å². The van der Waals surface area contributed by atoms with Gasteiger partial charge in [-0.1, -0.05) is 0 Å². The molecule has 1 nitrogen and oxygen atoms in total. The lowest BCUT2D eigenvalue weighted by molar-refractivity contribution is 0.308. The lowest BCUT2D eigenvalue weighted by atomic mass is 11.1. The zero-order valence-corrected chi connectivity index (χ0v) is 5.52. The molecule has 9 heteroatoms. The Morgan fingerprint density at radius 3 is 0.462 bits per heavy atom. The second kappa shape index (κ2) is 8.97. The molecule has 0 aromatic heterocycles. The van der Waals surface area contributed by atoms with E-state index in [2.05, 4.69) is 0 Å². The summed E-state index contributed by atoms with van der Waals surface area (Å²) in [5, 5.41) is 0. The van der Waals surface area contributed by atoms with Gasteiger partial charge >= 0.3 is 24.3 Å². The van der Waals surface area contributed by atoms with Crippen LogP contribution in [0.1, 0.15) is 0 Å². The van der Waals surface area contributed by atoms with Gasteiger partial charge in [0.1, 0.15) is 0 Å². The van der Waals surface area contributed by atoms with Crippen LogP contribution >= 0.6 is 0 Å². The van der Waals surface area contributed by atoms with Crippen LogP contribution in [-0.2, 0) is 0 Å². The average Bonchev–Trinajstić information content (AvgIpc) is 1.88. The molecule has 0 aliphatic heterocycles. The summed E-state index contributed by atoms with van der Waals surface area (Å²) in [5.74, 6) is 0. The molecule has 0 radical (unpaired) electrons. The monoisotopic (exact) mass is 218 g/mol. The molecule has 0 spiro atoms. The highest BCUT2D eigenvalue weighted by atomic mass is 19.3. The molecule has 2 N–H and O–H groups in total. The van der Waals surface area contributed by atoms with E-state index in [1.807, 2.05) is 0 Å². The molecule has 0 aliphatic carbocycles. The Balaban J connectivity index is -0.000000143. The van der Waals surface area contributed by atoms with Crippen molar-refractivity contribution in [2.75, 3.05) is 0 Å². The maximum Gasteiger partial charge on any atom is 0.334 e. The van der Waals surface area contributed by atoms with Gasteiger partial charge in [-0.05, 0) is 0 Å². The quantitative estimate of drug-likeness (QED) is 0.559. The fourth-order valence-corrected chi connectivity index (χ4v) is 0. The second-order valence-electron chi connectivity index (χ2n) is 1.04. The fourth-order valence-electron chi connectivity index (χ4n) is 0. The molecule has 0 atom stereocenters. The van der Waals surface area contributed by atoms with E-state index in [1.54, 1.807) is 0 Å². The van der Waals surface area contributed by atoms with Gasteiger partial charge in [0.2, 0.25) is 0 Å². The highest BCUT2D eigenvalue weighted by Crippen LogP contribution is 2.08. The summed E-state index contributed by atoms with van der Waals surface area (Å²) in [6.45, 7) is 0. The molecule has 13 heavy (non-hydrogen) atoms. The van der Waals surface area contributed by atoms with Crippen LogP contribution in [0, 0.1) is 0 Å².